The molecule has 0 saturated heterocycles. The zero-order valence-corrected chi connectivity index (χ0v) is 13.8. The number of aliphatic hydroxyl groups is 1. The molecule has 2 atom stereocenters. The predicted molar refractivity (Wildman–Crippen MR) is 80.3 cm³/mol. The molecule has 0 fully saturated rings. The van der Waals surface area contributed by atoms with Crippen LogP contribution >= 0.6 is 27.3 Å². The Balaban J connectivity index is 2.18. The van der Waals surface area contributed by atoms with Gasteiger partial charge in [-0.2, -0.15) is 0 Å². The summed E-state index contributed by atoms with van der Waals surface area (Å²) >= 11 is 4.35. The Labute approximate surface area is 129 Å². The van der Waals surface area contributed by atoms with Crippen molar-refractivity contribution in [3.63, 3.8) is 0 Å². The highest BCUT2D eigenvalue weighted by Gasteiger charge is 2.27. The number of furan rings is 1. The largest absolute Gasteiger partial charge is 0.469 e. The molecule has 2 rings (SSSR count). The molecule has 0 bridgehead atoms. The summed E-state index contributed by atoms with van der Waals surface area (Å²) in [7, 11) is -3.65. The Morgan fingerprint density at radius 3 is 2.70 bits per heavy atom. The van der Waals surface area contributed by atoms with Gasteiger partial charge in [0.05, 0.1) is 22.7 Å². The summed E-state index contributed by atoms with van der Waals surface area (Å²) in [4.78, 5) is 0. The summed E-state index contributed by atoms with van der Waals surface area (Å²) in [5, 5.41) is 9.44. The van der Waals surface area contributed by atoms with Crippen LogP contribution in [0, 0.1) is 0 Å². The summed E-state index contributed by atoms with van der Waals surface area (Å²) in [6.45, 7) is 1.49. The first-order valence-corrected chi connectivity index (χ1v) is 8.95. The molecule has 110 valence electrons. The zero-order chi connectivity index (χ0) is 14.8. The minimum atomic E-state index is -3.65. The molecule has 0 radical (unpaired) electrons. The van der Waals surface area contributed by atoms with Crippen LogP contribution in [0.15, 0.2) is 42.9 Å². The van der Waals surface area contributed by atoms with Gasteiger partial charge in [0.15, 0.2) is 0 Å². The summed E-state index contributed by atoms with van der Waals surface area (Å²) in [6.07, 6.45) is 1.52. The molecule has 2 aromatic rings. The second kappa shape index (κ2) is 6.40. The van der Waals surface area contributed by atoms with Crippen LogP contribution in [0.2, 0.25) is 0 Å². The number of rotatable bonds is 6. The topological polar surface area (TPSA) is 79.5 Å². The van der Waals surface area contributed by atoms with Gasteiger partial charge in [0.25, 0.3) is 0 Å². The molecular weight excluding hydrogens is 366 g/mol. The fourth-order valence-electron chi connectivity index (χ4n) is 1.75. The van der Waals surface area contributed by atoms with E-state index in [2.05, 4.69) is 20.7 Å². The first kappa shape index (κ1) is 15.7. The lowest BCUT2D eigenvalue weighted by Crippen LogP contribution is -2.40. The van der Waals surface area contributed by atoms with Crippen LogP contribution in [0.25, 0.3) is 0 Å². The average molecular weight is 380 g/mol. The first-order valence-electron chi connectivity index (χ1n) is 5.86. The van der Waals surface area contributed by atoms with Gasteiger partial charge in [-0.1, -0.05) is 6.92 Å². The fourth-order valence-corrected chi connectivity index (χ4v) is 5.08. The van der Waals surface area contributed by atoms with Crippen molar-refractivity contribution in [2.75, 3.05) is 6.61 Å². The van der Waals surface area contributed by atoms with Gasteiger partial charge in [0.1, 0.15) is 9.97 Å². The van der Waals surface area contributed by atoms with E-state index in [9.17, 15) is 13.5 Å². The van der Waals surface area contributed by atoms with Crippen molar-refractivity contribution in [1.82, 2.24) is 4.72 Å². The number of sulfonamides is 1. The number of halogens is 1. The van der Waals surface area contributed by atoms with E-state index >= 15 is 0 Å². The predicted octanol–water partition coefficient (Wildman–Crippen LogP) is 2.55. The molecule has 8 heteroatoms. The Bertz CT molecular complexity index is 651. The molecule has 0 amide bonds. The van der Waals surface area contributed by atoms with Crippen molar-refractivity contribution in [1.29, 1.82) is 0 Å². The molecule has 0 aliphatic carbocycles. The summed E-state index contributed by atoms with van der Waals surface area (Å²) in [5.74, 6) is 0.354. The Morgan fingerprint density at radius 2 is 2.20 bits per heavy atom. The summed E-state index contributed by atoms with van der Waals surface area (Å²) in [6, 6.07) is 6.02. The van der Waals surface area contributed by atoms with Crippen LogP contribution in [-0.2, 0) is 10.0 Å². The van der Waals surface area contributed by atoms with Crippen molar-refractivity contribution in [2.45, 2.75) is 23.1 Å². The van der Waals surface area contributed by atoms with Gasteiger partial charge in [-0.15, -0.1) is 11.3 Å². The van der Waals surface area contributed by atoms with E-state index in [0.717, 1.165) is 15.1 Å². The SMILES string of the molecule is C[C@@H](c1ccco1)[C@@H](CO)NS(=O)(=O)c1ccc(Br)s1. The van der Waals surface area contributed by atoms with Gasteiger partial charge < -0.3 is 9.52 Å². The van der Waals surface area contributed by atoms with Gasteiger partial charge in [-0.3, -0.25) is 0 Å². The third-order valence-corrected chi connectivity index (χ3v) is 6.52. The molecule has 5 nitrogen and oxygen atoms in total. The van der Waals surface area contributed by atoms with E-state index in [4.69, 9.17) is 4.42 Å². The lowest BCUT2D eigenvalue weighted by molar-refractivity contribution is 0.234. The highest BCUT2D eigenvalue weighted by atomic mass is 79.9. The maximum Gasteiger partial charge on any atom is 0.250 e. The minimum absolute atomic E-state index is 0.203. The maximum absolute atomic E-state index is 12.2. The number of nitrogens with one attached hydrogen (secondary N) is 1. The standard InChI is InChI=1S/C12H14BrNO4S2/c1-8(10-3-2-6-18-10)9(7-15)14-20(16,17)12-5-4-11(13)19-12/h2-6,8-9,14-15H,7H2,1H3/t8-,9-/m1/s1. The van der Waals surface area contributed by atoms with Gasteiger partial charge in [-0.05, 0) is 40.2 Å². The maximum atomic E-state index is 12.2. The molecule has 0 saturated carbocycles. The zero-order valence-electron chi connectivity index (χ0n) is 10.6. The van der Waals surface area contributed by atoms with Crippen LogP contribution in [-0.4, -0.2) is 26.2 Å². The Morgan fingerprint density at radius 1 is 1.45 bits per heavy atom. The minimum Gasteiger partial charge on any atom is -0.469 e. The van der Waals surface area contributed by atoms with Gasteiger partial charge in [-0.25, -0.2) is 13.1 Å². The van der Waals surface area contributed by atoms with Crippen molar-refractivity contribution in [2.24, 2.45) is 0 Å². The molecule has 0 aromatic carbocycles. The van der Waals surface area contributed by atoms with Gasteiger partial charge >= 0.3 is 0 Å². The first-order chi connectivity index (χ1) is 9.44. The molecule has 0 aliphatic heterocycles. The van der Waals surface area contributed by atoms with Gasteiger partial charge in [0.2, 0.25) is 10.0 Å². The number of hydrogen-bond donors (Lipinski definition) is 2. The third kappa shape index (κ3) is 3.50. The van der Waals surface area contributed by atoms with Gasteiger partial charge in [0, 0.05) is 5.92 Å². The second-order valence-corrected chi connectivity index (χ2v) is 8.68. The quantitative estimate of drug-likeness (QED) is 0.807. The van der Waals surface area contributed by atoms with E-state index in [1.54, 1.807) is 25.1 Å². The number of aliphatic hydroxyl groups excluding tert-OH is 1. The fraction of sp³-hybridized carbons (Fsp3) is 0.333. The van der Waals surface area contributed by atoms with Crippen molar-refractivity contribution in [3.8, 4) is 0 Å². The van der Waals surface area contributed by atoms with E-state index in [1.165, 1.54) is 12.3 Å². The molecule has 2 aromatic heterocycles. The Hall–Kier alpha value is -0.670. The molecule has 0 spiro atoms. The van der Waals surface area contributed by atoms with E-state index in [-0.39, 0.29) is 16.7 Å². The second-order valence-electron chi connectivity index (χ2n) is 4.27. The third-order valence-electron chi connectivity index (χ3n) is 2.91. The van der Waals surface area contributed by atoms with Crippen LogP contribution in [0.4, 0.5) is 0 Å². The number of thiophene rings is 1. The smallest absolute Gasteiger partial charge is 0.250 e. The van der Waals surface area contributed by atoms with Crippen molar-refractivity contribution >= 4 is 37.3 Å². The van der Waals surface area contributed by atoms with E-state index < -0.39 is 16.1 Å². The lowest BCUT2D eigenvalue weighted by Gasteiger charge is -2.21. The highest BCUT2D eigenvalue weighted by Crippen LogP contribution is 2.27. The number of hydrogen-bond acceptors (Lipinski definition) is 5. The molecular formula is C12H14BrNO4S2. The molecule has 20 heavy (non-hydrogen) atoms. The molecule has 0 aliphatic rings. The van der Waals surface area contributed by atoms with Crippen LogP contribution in [0.1, 0.15) is 18.6 Å². The molecule has 2 heterocycles. The average Bonchev–Trinajstić information content (AvgIpc) is 3.06. The lowest BCUT2D eigenvalue weighted by atomic mass is 10.0. The van der Waals surface area contributed by atoms with Crippen LogP contribution < -0.4 is 4.72 Å². The Kier molecular flexibility index (Phi) is 5.03. The van der Waals surface area contributed by atoms with Crippen molar-refractivity contribution < 1.29 is 17.9 Å². The molecule has 2 N–H and O–H groups in total. The van der Waals surface area contributed by atoms with Crippen LogP contribution in [0.5, 0.6) is 0 Å². The normalized spacial score (nSPS) is 15.2. The molecule has 0 unspecified atom stereocenters. The van der Waals surface area contributed by atoms with Crippen LogP contribution in [0.3, 0.4) is 0 Å². The summed E-state index contributed by atoms with van der Waals surface area (Å²) < 4.78 is 33.2. The highest BCUT2D eigenvalue weighted by molar-refractivity contribution is 9.11. The van der Waals surface area contributed by atoms with Crippen molar-refractivity contribution in [3.05, 3.63) is 40.1 Å². The van der Waals surface area contributed by atoms with E-state index in [0.29, 0.717) is 5.76 Å². The summed E-state index contributed by atoms with van der Waals surface area (Å²) in [5.41, 5.74) is 0. The van der Waals surface area contributed by atoms with E-state index in [1.807, 2.05) is 0 Å². The monoisotopic (exact) mass is 379 g/mol.